The summed E-state index contributed by atoms with van der Waals surface area (Å²) in [7, 11) is 0. The molecule has 0 bridgehead atoms. The largest absolute Gasteiger partial charge is 0.430 e. The van der Waals surface area contributed by atoms with Gasteiger partial charge in [-0.15, -0.1) is 0 Å². The lowest BCUT2D eigenvalue weighted by atomic mass is 10.2. The van der Waals surface area contributed by atoms with Gasteiger partial charge in [-0.05, 0) is 0 Å². The Morgan fingerprint density at radius 1 is 1.40 bits per heavy atom. The van der Waals surface area contributed by atoms with Crippen LogP contribution in [-0.4, -0.2) is 11.8 Å². The van der Waals surface area contributed by atoms with E-state index in [1.165, 1.54) is 0 Å². The second kappa shape index (κ2) is 4.04. The second-order valence-electron chi connectivity index (χ2n) is 2.40. The van der Waals surface area contributed by atoms with Gasteiger partial charge in [-0.25, -0.2) is 0 Å². The molecule has 0 aromatic carbocycles. The van der Waals surface area contributed by atoms with E-state index in [2.05, 4.69) is 0 Å². The Bertz CT molecular complexity index is 141. The molecule has 0 aliphatic heterocycles. The highest BCUT2D eigenvalue weighted by molar-refractivity contribution is 5.89. The summed E-state index contributed by atoms with van der Waals surface area (Å²) in [6.07, 6.45) is 0.551. The number of hydrogen-bond donors (Lipinski definition) is 2. The average Bonchev–Trinajstić information content (AvgIpc) is 1.87. The van der Waals surface area contributed by atoms with E-state index in [0.29, 0.717) is 6.42 Å². The fraction of sp³-hybridized carbons (Fsp3) is 0.714. The van der Waals surface area contributed by atoms with Crippen molar-refractivity contribution in [3.8, 4) is 0 Å². The number of ether oxygens (including phenoxy) is 1. The van der Waals surface area contributed by atoms with Crippen molar-refractivity contribution < 1.29 is 4.74 Å². The molecule has 0 saturated carbocycles. The maximum atomic E-state index is 7.21. The first-order valence-electron chi connectivity index (χ1n) is 3.41. The molecule has 3 nitrogen and oxygen atoms in total. The summed E-state index contributed by atoms with van der Waals surface area (Å²) in [6.45, 7) is 5.56. The quantitative estimate of drug-likeness (QED) is 0.449. The van der Waals surface area contributed by atoms with Crippen LogP contribution in [0.2, 0.25) is 0 Å². The summed E-state index contributed by atoms with van der Waals surface area (Å²) in [5.41, 5.74) is 0. The predicted molar refractivity (Wildman–Crippen MR) is 41.7 cm³/mol. The highest BCUT2D eigenvalue weighted by atomic mass is 16.5. The molecule has 0 fully saturated rings. The van der Waals surface area contributed by atoms with E-state index < -0.39 is 0 Å². The van der Waals surface area contributed by atoms with Crippen LogP contribution in [0.4, 0.5) is 0 Å². The lowest BCUT2D eigenvalue weighted by Gasteiger charge is -2.08. The zero-order valence-electron chi connectivity index (χ0n) is 6.69. The molecular formula is C7H14N2O. The summed E-state index contributed by atoms with van der Waals surface area (Å²) in [6, 6.07) is 0. The van der Waals surface area contributed by atoms with Crippen molar-refractivity contribution in [1.29, 1.82) is 10.8 Å². The summed E-state index contributed by atoms with van der Waals surface area (Å²) >= 11 is 0. The lowest BCUT2D eigenvalue weighted by Crippen LogP contribution is -2.14. The molecule has 0 amide bonds. The third kappa shape index (κ3) is 3.22. The number of rotatable bonds is 2. The van der Waals surface area contributed by atoms with Crippen molar-refractivity contribution >= 4 is 11.8 Å². The van der Waals surface area contributed by atoms with Gasteiger partial charge in [0.15, 0.2) is 11.8 Å². The van der Waals surface area contributed by atoms with Crippen LogP contribution in [0.3, 0.4) is 0 Å². The van der Waals surface area contributed by atoms with E-state index in [1.54, 1.807) is 0 Å². The normalized spacial score (nSPS) is 9.60. The smallest absolute Gasteiger partial charge is 0.191 e. The SMILES string of the molecule is CCC(=N)OC(=N)C(C)C. The van der Waals surface area contributed by atoms with Gasteiger partial charge >= 0.3 is 0 Å². The van der Waals surface area contributed by atoms with Gasteiger partial charge < -0.3 is 4.74 Å². The van der Waals surface area contributed by atoms with Crippen LogP contribution in [0.25, 0.3) is 0 Å². The fourth-order valence-corrected chi connectivity index (χ4v) is 0.323. The maximum absolute atomic E-state index is 7.21. The third-order valence-corrected chi connectivity index (χ3v) is 1.08. The van der Waals surface area contributed by atoms with Crippen molar-refractivity contribution in [2.45, 2.75) is 27.2 Å². The van der Waals surface area contributed by atoms with Gasteiger partial charge in [0.2, 0.25) is 0 Å². The van der Waals surface area contributed by atoms with E-state index in [0.717, 1.165) is 0 Å². The predicted octanol–water partition coefficient (Wildman–Crippen LogP) is 2.02. The van der Waals surface area contributed by atoms with Crippen molar-refractivity contribution in [2.75, 3.05) is 0 Å². The zero-order valence-corrected chi connectivity index (χ0v) is 6.69. The molecule has 2 N–H and O–H groups in total. The molecule has 0 heterocycles. The molecule has 0 unspecified atom stereocenters. The first kappa shape index (κ1) is 9.14. The monoisotopic (exact) mass is 142 g/mol. The zero-order chi connectivity index (χ0) is 8.15. The van der Waals surface area contributed by atoms with Crippen molar-refractivity contribution in [3.05, 3.63) is 0 Å². The lowest BCUT2D eigenvalue weighted by molar-refractivity contribution is 0.477. The van der Waals surface area contributed by atoms with E-state index in [9.17, 15) is 0 Å². The van der Waals surface area contributed by atoms with Crippen LogP contribution >= 0.6 is 0 Å². The topological polar surface area (TPSA) is 56.9 Å². The minimum absolute atomic E-state index is 0.0758. The van der Waals surface area contributed by atoms with Gasteiger partial charge in [-0.3, -0.25) is 10.8 Å². The van der Waals surface area contributed by atoms with Crippen molar-refractivity contribution in [2.24, 2.45) is 5.92 Å². The first-order chi connectivity index (χ1) is 4.57. The summed E-state index contributed by atoms with van der Waals surface area (Å²) in [5.74, 6) is 0.414. The Morgan fingerprint density at radius 3 is 2.20 bits per heavy atom. The van der Waals surface area contributed by atoms with Crippen LogP contribution in [0.1, 0.15) is 27.2 Å². The van der Waals surface area contributed by atoms with Gasteiger partial charge in [0.25, 0.3) is 0 Å². The Labute approximate surface area is 61.4 Å². The van der Waals surface area contributed by atoms with E-state index in [1.807, 2.05) is 20.8 Å². The van der Waals surface area contributed by atoms with Gasteiger partial charge in [0.1, 0.15) is 0 Å². The molecule has 3 heteroatoms. The highest BCUT2D eigenvalue weighted by Gasteiger charge is 2.05. The van der Waals surface area contributed by atoms with Gasteiger partial charge in [0.05, 0.1) is 0 Å². The molecule has 0 spiro atoms. The molecule has 0 aliphatic carbocycles. The molecule has 10 heavy (non-hydrogen) atoms. The van der Waals surface area contributed by atoms with Crippen LogP contribution in [0.5, 0.6) is 0 Å². The van der Waals surface area contributed by atoms with E-state index in [4.69, 9.17) is 15.6 Å². The standard InChI is InChI=1S/C7H14N2O/c1-4-6(8)10-7(9)5(2)3/h5,8-9H,4H2,1-3H3. The Hall–Kier alpha value is -0.860. The molecule has 0 atom stereocenters. The minimum Gasteiger partial charge on any atom is -0.430 e. The minimum atomic E-state index is 0.0758. The average molecular weight is 142 g/mol. The van der Waals surface area contributed by atoms with Gasteiger partial charge in [-0.1, -0.05) is 20.8 Å². The molecule has 0 aliphatic rings. The molecule has 0 saturated heterocycles. The van der Waals surface area contributed by atoms with Crippen LogP contribution in [0, 0.1) is 16.7 Å². The second-order valence-corrected chi connectivity index (χ2v) is 2.40. The fourth-order valence-electron chi connectivity index (χ4n) is 0.323. The third-order valence-electron chi connectivity index (χ3n) is 1.08. The number of hydrogen-bond acceptors (Lipinski definition) is 3. The summed E-state index contributed by atoms with van der Waals surface area (Å²) in [4.78, 5) is 0. The van der Waals surface area contributed by atoms with Crippen LogP contribution < -0.4 is 0 Å². The van der Waals surface area contributed by atoms with Crippen LogP contribution in [-0.2, 0) is 4.74 Å². The van der Waals surface area contributed by atoms with Gasteiger partial charge in [-0.2, -0.15) is 0 Å². The summed E-state index contributed by atoms with van der Waals surface area (Å²) < 4.78 is 4.83. The van der Waals surface area contributed by atoms with E-state index in [-0.39, 0.29) is 17.7 Å². The van der Waals surface area contributed by atoms with Crippen molar-refractivity contribution in [3.63, 3.8) is 0 Å². The van der Waals surface area contributed by atoms with E-state index >= 15 is 0 Å². The Kier molecular flexibility index (Phi) is 3.69. The Morgan fingerprint density at radius 2 is 1.90 bits per heavy atom. The van der Waals surface area contributed by atoms with Gasteiger partial charge in [0, 0.05) is 12.3 Å². The number of nitrogens with one attached hydrogen (secondary N) is 2. The molecule has 0 radical (unpaired) electrons. The molecule has 0 aromatic rings. The summed E-state index contributed by atoms with van der Waals surface area (Å²) in [5, 5.41) is 14.3. The maximum Gasteiger partial charge on any atom is 0.191 e. The van der Waals surface area contributed by atoms with Crippen molar-refractivity contribution in [1.82, 2.24) is 0 Å². The molecule has 0 aromatic heterocycles. The highest BCUT2D eigenvalue weighted by Crippen LogP contribution is 1.97. The molecular weight excluding hydrogens is 128 g/mol. The molecule has 0 rings (SSSR count). The first-order valence-corrected chi connectivity index (χ1v) is 3.41. The molecule has 58 valence electrons. The van der Waals surface area contributed by atoms with Crippen LogP contribution in [0.15, 0.2) is 0 Å². The Balaban J connectivity index is 3.69.